The molecule has 1 amide bonds. The molecule has 0 heterocycles. The summed E-state index contributed by atoms with van der Waals surface area (Å²) in [4.78, 5) is 29.0. The van der Waals surface area contributed by atoms with Gasteiger partial charge in [-0.05, 0) is 18.6 Å². The van der Waals surface area contributed by atoms with Gasteiger partial charge in [0.2, 0.25) is 5.91 Å². The minimum absolute atomic E-state index is 0.00489. The van der Waals surface area contributed by atoms with Crippen molar-refractivity contribution in [2.75, 3.05) is 5.32 Å². The van der Waals surface area contributed by atoms with E-state index in [0.29, 0.717) is 12.1 Å². The third kappa shape index (κ3) is 4.87. The van der Waals surface area contributed by atoms with Crippen LogP contribution in [0.1, 0.15) is 20.3 Å². The normalized spacial score (nSPS) is 12.9. The summed E-state index contributed by atoms with van der Waals surface area (Å²) < 4.78 is 15.1. The zero-order valence-corrected chi connectivity index (χ0v) is 11.1. The van der Waals surface area contributed by atoms with E-state index in [9.17, 15) is 9.36 Å². The molecule has 0 spiro atoms. The van der Waals surface area contributed by atoms with Crippen molar-refractivity contribution in [3.05, 3.63) is 24.3 Å². The number of rotatable bonds is 5. The first-order valence-electron chi connectivity index (χ1n) is 5.48. The van der Waals surface area contributed by atoms with Gasteiger partial charge in [0, 0.05) is 17.7 Å². The van der Waals surface area contributed by atoms with Crippen molar-refractivity contribution in [1.82, 2.24) is 0 Å². The first-order valence-corrected chi connectivity index (χ1v) is 7.01. The Morgan fingerprint density at radius 2 is 2.17 bits per heavy atom. The van der Waals surface area contributed by atoms with E-state index in [1.54, 1.807) is 13.0 Å². The highest BCUT2D eigenvalue weighted by Crippen LogP contribution is 2.38. The van der Waals surface area contributed by atoms with Gasteiger partial charge in [-0.25, -0.2) is 4.57 Å². The van der Waals surface area contributed by atoms with E-state index in [-0.39, 0.29) is 17.6 Å². The van der Waals surface area contributed by atoms with Crippen molar-refractivity contribution in [2.45, 2.75) is 20.3 Å². The fourth-order valence-corrected chi connectivity index (χ4v) is 1.61. The minimum Gasteiger partial charge on any atom is -0.404 e. The molecule has 0 bridgehead atoms. The molecule has 100 valence electrons. The van der Waals surface area contributed by atoms with Crippen LogP contribution in [0.25, 0.3) is 0 Å². The Kier molecular flexibility index (Phi) is 4.90. The van der Waals surface area contributed by atoms with E-state index in [0.717, 1.165) is 0 Å². The minimum atomic E-state index is -4.58. The van der Waals surface area contributed by atoms with Crippen LogP contribution in [0.5, 0.6) is 5.75 Å². The number of phosphoric acid groups is 1. The van der Waals surface area contributed by atoms with Gasteiger partial charge in [0.15, 0.2) is 0 Å². The van der Waals surface area contributed by atoms with E-state index in [2.05, 4.69) is 9.84 Å². The molecule has 0 saturated heterocycles. The highest BCUT2D eigenvalue weighted by atomic mass is 31.2. The number of carbonyl (C=O) groups is 1. The first-order chi connectivity index (χ1) is 8.31. The third-order valence-electron chi connectivity index (χ3n) is 2.39. The lowest BCUT2D eigenvalue weighted by Crippen LogP contribution is -2.19. The quantitative estimate of drug-likeness (QED) is 0.714. The predicted octanol–water partition coefficient (Wildman–Crippen LogP) is 2.14. The molecule has 0 aliphatic carbocycles. The van der Waals surface area contributed by atoms with E-state index in [4.69, 9.17) is 9.79 Å². The smallest absolute Gasteiger partial charge is 0.404 e. The number of hydrogen-bond donors (Lipinski definition) is 3. The number of phosphoric ester groups is 1. The van der Waals surface area contributed by atoms with Gasteiger partial charge in [-0.3, -0.25) is 14.6 Å². The average molecular weight is 273 g/mol. The van der Waals surface area contributed by atoms with Gasteiger partial charge in [0.05, 0.1) is 0 Å². The summed E-state index contributed by atoms with van der Waals surface area (Å²) in [6, 6.07) is 5.92. The average Bonchev–Trinajstić information content (AvgIpc) is 2.26. The largest absolute Gasteiger partial charge is 0.524 e. The van der Waals surface area contributed by atoms with Crippen LogP contribution in [0.15, 0.2) is 24.3 Å². The van der Waals surface area contributed by atoms with Crippen molar-refractivity contribution >= 4 is 19.4 Å². The lowest BCUT2D eigenvalue weighted by atomic mass is 10.1. The standard InChI is InChI=1S/C11H16NO5P/c1-3-8(2)11(13)12-9-5-4-6-10(7-9)17-18(14,15)16/h4-8H,3H2,1-2H3,(H,12,13)(H2,14,15,16). The zero-order chi connectivity index (χ0) is 13.8. The number of anilines is 1. The van der Waals surface area contributed by atoms with Crippen LogP contribution >= 0.6 is 7.82 Å². The molecular formula is C11H16NO5P. The van der Waals surface area contributed by atoms with Crippen LogP contribution in [0.3, 0.4) is 0 Å². The number of amides is 1. The fourth-order valence-electron chi connectivity index (χ4n) is 1.22. The molecule has 7 heteroatoms. The maximum atomic E-state index is 11.6. The van der Waals surface area contributed by atoms with E-state index < -0.39 is 7.82 Å². The molecule has 1 atom stereocenters. The molecule has 3 N–H and O–H groups in total. The summed E-state index contributed by atoms with van der Waals surface area (Å²) >= 11 is 0. The Morgan fingerprint density at radius 1 is 1.50 bits per heavy atom. The Labute approximate surface area is 105 Å². The highest BCUT2D eigenvalue weighted by Gasteiger charge is 2.16. The fraction of sp³-hybridized carbons (Fsp3) is 0.364. The molecule has 0 radical (unpaired) electrons. The van der Waals surface area contributed by atoms with Crippen molar-refractivity contribution in [1.29, 1.82) is 0 Å². The SMILES string of the molecule is CCC(C)C(=O)Nc1cccc(OP(=O)(O)O)c1. The lowest BCUT2D eigenvalue weighted by Gasteiger charge is -2.11. The van der Waals surface area contributed by atoms with Gasteiger partial charge >= 0.3 is 7.82 Å². The molecule has 0 aliphatic heterocycles. The number of benzene rings is 1. The molecular weight excluding hydrogens is 257 g/mol. The van der Waals surface area contributed by atoms with Crippen LogP contribution in [-0.4, -0.2) is 15.7 Å². The molecule has 6 nitrogen and oxygen atoms in total. The predicted molar refractivity (Wildman–Crippen MR) is 67.2 cm³/mol. The maximum Gasteiger partial charge on any atom is 0.524 e. The van der Waals surface area contributed by atoms with Crippen LogP contribution in [0.2, 0.25) is 0 Å². The molecule has 1 rings (SSSR count). The van der Waals surface area contributed by atoms with E-state index in [1.807, 2.05) is 6.92 Å². The van der Waals surface area contributed by atoms with Gasteiger partial charge in [-0.2, -0.15) is 0 Å². The molecule has 0 aliphatic rings. The van der Waals surface area contributed by atoms with Crippen molar-refractivity contribution in [3.63, 3.8) is 0 Å². The van der Waals surface area contributed by atoms with Crippen molar-refractivity contribution in [3.8, 4) is 5.75 Å². The van der Waals surface area contributed by atoms with Crippen molar-refractivity contribution < 1.29 is 23.7 Å². The molecule has 0 fully saturated rings. The number of nitrogens with one attached hydrogen (secondary N) is 1. The third-order valence-corrected chi connectivity index (χ3v) is 2.83. The Bertz CT molecular complexity index is 470. The number of hydrogen-bond acceptors (Lipinski definition) is 3. The van der Waals surface area contributed by atoms with Gasteiger partial charge in [-0.15, -0.1) is 0 Å². The Hall–Kier alpha value is -1.36. The molecule has 0 aromatic heterocycles. The van der Waals surface area contributed by atoms with Crippen molar-refractivity contribution in [2.24, 2.45) is 5.92 Å². The second kappa shape index (κ2) is 6.00. The maximum absolute atomic E-state index is 11.6. The summed E-state index contributed by atoms with van der Waals surface area (Å²) in [6.07, 6.45) is 0.713. The molecule has 1 aromatic carbocycles. The molecule has 18 heavy (non-hydrogen) atoms. The van der Waals surface area contributed by atoms with Crippen LogP contribution in [0.4, 0.5) is 5.69 Å². The van der Waals surface area contributed by atoms with Gasteiger partial charge in [0.1, 0.15) is 5.75 Å². The monoisotopic (exact) mass is 273 g/mol. The summed E-state index contributed by atoms with van der Waals surface area (Å²) in [7, 11) is -4.58. The van der Waals surface area contributed by atoms with Crippen LogP contribution < -0.4 is 9.84 Å². The zero-order valence-electron chi connectivity index (χ0n) is 10.2. The van der Waals surface area contributed by atoms with Crippen LogP contribution in [-0.2, 0) is 9.36 Å². The molecule has 1 aromatic rings. The van der Waals surface area contributed by atoms with E-state index >= 15 is 0 Å². The Balaban J connectivity index is 2.77. The summed E-state index contributed by atoms with van der Waals surface area (Å²) in [5.74, 6) is -0.271. The van der Waals surface area contributed by atoms with Crippen LogP contribution in [0, 0.1) is 5.92 Å². The van der Waals surface area contributed by atoms with Gasteiger partial charge < -0.3 is 9.84 Å². The second-order valence-electron chi connectivity index (χ2n) is 3.91. The molecule has 0 saturated carbocycles. The summed E-state index contributed by atoms with van der Waals surface area (Å²) in [6.45, 7) is 3.70. The van der Waals surface area contributed by atoms with E-state index in [1.165, 1.54) is 18.2 Å². The summed E-state index contributed by atoms with van der Waals surface area (Å²) in [5.41, 5.74) is 0.436. The summed E-state index contributed by atoms with van der Waals surface area (Å²) in [5, 5.41) is 2.65. The highest BCUT2D eigenvalue weighted by molar-refractivity contribution is 7.46. The molecule has 1 unspecified atom stereocenters. The second-order valence-corrected chi connectivity index (χ2v) is 5.07. The Morgan fingerprint density at radius 3 is 2.72 bits per heavy atom. The van der Waals surface area contributed by atoms with Gasteiger partial charge in [-0.1, -0.05) is 19.9 Å². The van der Waals surface area contributed by atoms with Gasteiger partial charge in [0.25, 0.3) is 0 Å². The topological polar surface area (TPSA) is 95.9 Å². The first kappa shape index (κ1) is 14.7. The number of carbonyl (C=O) groups excluding carboxylic acids is 1. The lowest BCUT2D eigenvalue weighted by molar-refractivity contribution is -0.119.